The number of carbonyl (C=O) groups is 3. The molecule has 5 N–H and O–H groups in total. The summed E-state index contributed by atoms with van der Waals surface area (Å²) >= 11 is 0. The Labute approximate surface area is 123 Å². The lowest BCUT2D eigenvalue weighted by Crippen LogP contribution is -2.46. The molecule has 8 nitrogen and oxygen atoms in total. The molecule has 0 aromatic rings. The van der Waals surface area contributed by atoms with Gasteiger partial charge in [0, 0.05) is 31.3 Å². The van der Waals surface area contributed by atoms with Crippen LogP contribution in [-0.4, -0.2) is 58.9 Å². The zero-order valence-corrected chi connectivity index (χ0v) is 12.4. The van der Waals surface area contributed by atoms with Crippen LogP contribution in [0, 0.1) is 5.41 Å². The number of amides is 2. The maximum absolute atomic E-state index is 11.6. The van der Waals surface area contributed by atoms with Crippen molar-refractivity contribution in [2.75, 3.05) is 19.7 Å². The van der Waals surface area contributed by atoms with Gasteiger partial charge in [0.1, 0.15) is 6.10 Å². The molecule has 0 aromatic heterocycles. The van der Waals surface area contributed by atoms with Gasteiger partial charge in [-0.3, -0.25) is 14.4 Å². The van der Waals surface area contributed by atoms with Crippen LogP contribution in [0.5, 0.6) is 0 Å². The molecule has 0 aliphatic rings. The van der Waals surface area contributed by atoms with Gasteiger partial charge in [0.25, 0.3) is 0 Å². The lowest BCUT2D eigenvalue weighted by Gasteiger charge is -2.27. The summed E-state index contributed by atoms with van der Waals surface area (Å²) < 4.78 is 0. The van der Waals surface area contributed by atoms with Crippen molar-refractivity contribution in [1.29, 1.82) is 0 Å². The second-order valence-electron chi connectivity index (χ2n) is 5.44. The number of aliphatic hydroxyl groups excluding tert-OH is 2. The third-order valence-electron chi connectivity index (χ3n) is 2.94. The molecule has 0 unspecified atom stereocenters. The fourth-order valence-electron chi connectivity index (χ4n) is 1.39. The Bertz CT molecular complexity index is 370. The number of hydrogen-bond donors (Lipinski definition) is 5. The zero-order valence-electron chi connectivity index (χ0n) is 12.4. The molecule has 0 fully saturated rings. The number of carboxylic acids is 1. The SMILES string of the molecule is CC(C)(CO)[C@@H](O)C(=O)NCCC(=O)NCCCC(=O)O. The van der Waals surface area contributed by atoms with Gasteiger partial charge in [-0.1, -0.05) is 13.8 Å². The fourth-order valence-corrected chi connectivity index (χ4v) is 1.39. The van der Waals surface area contributed by atoms with Crippen LogP contribution in [0.4, 0.5) is 0 Å². The van der Waals surface area contributed by atoms with Gasteiger partial charge in [-0.25, -0.2) is 0 Å². The number of nitrogens with one attached hydrogen (secondary N) is 2. The minimum Gasteiger partial charge on any atom is -0.481 e. The van der Waals surface area contributed by atoms with E-state index in [0.717, 1.165) is 0 Å². The molecule has 122 valence electrons. The van der Waals surface area contributed by atoms with Crippen molar-refractivity contribution in [3.63, 3.8) is 0 Å². The second-order valence-corrected chi connectivity index (χ2v) is 5.44. The van der Waals surface area contributed by atoms with Gasteiger partial charge in [0.2, 0.25) is 11.8 Å². The first-order valence-electron chi connectivity index (χ1n) is 6.76. The van der Waals surface area contributed by atoms with E-state index in [1.54, 1.807) is 13.8 Å². The van der Waals surface area contributed by atoms with E-state index in [1.807, 2.05) is 0 Å². The highest BCUT2D eigenvalue weighted by Gasteiger charge is 2.32. The largest absolute Gasteiger partial charge is 0.481 e. The molecular weight excluding hydrogens is 280 g/mol. The van der Waals surface area contributed by atoms with Crippen LogP contribution in [0.3, 0.4) is 0 Å². The third kappa shape index (κ3) is 8.26. The molecule has 0 heterocycles. The number of aliphatic hydroxyl groups is 2. The first-order chi connectivity index (χ1) is 9.70. The molecule has 0 saturated carbocycles. The predicted octanol–water partition coefficient (Wildman–Crippen LogP) is -1.15. The Kier molecular flexibility index (Phi) is 8.56. The summed E-state index contributed by atoms with van der Waals surface area (Å²) in [5.41, 5.74) is -0.955. The maximum Gasteiger partial charge on any atom is 0.303 e. The highest BCUT2D eigenvalue weighted by molar-refractivity contribution is 5.82. The average Bonchev–Trinajstić information content (AvgIpc) is 2.42. The van der Waals surface area contributed by atoms with Crippen LogP contribution in [0.15, 0.2) is 0 Å². The molecule has 0 spiro atoms. The number of carboxylic acid groups (broad SMARTS) is 1. The van der Waals surface area contributed by atoms with Crippen molar-refractivity contribution in [3.05, 3.63) is 0 Å². The van der Waals surface area contributed by atoms with Gasteiger partial charge in [-0.2, -0.15) is 0 Å². The van der Waals surface area contributed by atoms with Crippen molar-refractivity contribution in [2.24, 2.45) is 5.41 Å². The van der Waals surface area contributed by atoms with Gasteiger partial charge in [0.05, 0.1) is 6.61 Å². The van der Waals surface area contributed by atoms with E-state index in [-0.39, 0.29) is 38.4 Å². The maximum atomic E-state index is 11.6. The Hall–Kier alpha value is -1.67. The topological polar surface area (TPSA) is 136 Å². The summed E-state index contributed by atoms with van der Waals surface area (Å²) in [4.78, 5) is 33.2. The Morgan fingerprint density at radius 2 is 1.71 bits per heavy atom. The Morgan fingerprint density at radius 3 is 2.24 bits per heavy atom. The van der Waals surface area contributed by atoms with Gasteiger partial charge in [-0.15, -0.1) is 0 Å². The Morgan fingerprint density at radius 1 is 1.10 bits per heavy atom. The molecule has 2 amide bonds. The van der Waals surface area contributed by atoms with E-state index >= 15 is 0 Å². The molecule has 0 aliphatic carbocycles. The summed E-state index contributed by atoms with van der Waals surface area (Å²) in [6, 6.07) is 0. The molecule has 0 bridgehead atoms. The van der Waals surface area contributed by atoms with Crippen molar-refractivity contribution < 1.29 is 29.7 Å². The summed E-state index contributed by atoms with van der Waals surface area (Å²) in [5.74, 6) is -1.87. The lowest BCUT2D eigenvalue weighted by atomic mass is 9.87. The molecule has 1 atom stereocenters. The second kappa shape index (κ2) is 9.30. The monoisotopic (exact) mass is 304 g/mol. The van der Waals surface area contributed by atoms with E-state index in [1.165, 1.54) is 0 Å². The van der Waals surface area contributed by atoms with Crippen molar-refractivity contribution >= 4 is 17.8 Å². The smallest absolute Gasteiger partial charge is 0.303 e. The zero-order chi connectivity index (χ0) is 16.5. The van der Waals surface area contributed by atoms with E-state index in [2.05, 4.69) is 10.6 Å². The van der Waals surface area contributed by atoms with Crippen LogP contribution in [0.25, 0.3) is 0 Å². The quantitative estimate of drug-likeness (QED) is 0.323. The minimum absolute atomic E-state index is 0.0144. The standard InChI is InChI=1S/C13H24N2O6/c1-13(2,8-16)11(20)12(21)15-7-5-9(17)14-6-3-4-10(18)19/h11,16,20H,3-8H2,1-2H3,(H,14,17)(H,15,21)(H,18,19)/t11-/m0/s1. The van der Waals surface area contributed by atoms with Crippen molar-refractivity contribution in [2.45, 2.75) is 39.2 Å². The fraction of sp³-hybridized carbons (Fsp3) is 0.769. The van der Waals surface area contributed by atoms with Crippen molar-refractivity contribution in [1.82, 2.24) is 10.6 Å². The van der Waals surface area contributed by atoms with E-state index < -0.39 is 23.4 Å². The molecule has 0 saturated heterocycles. The van der Waals surface area contributed by atoms with Crippen LogP contribution >= 0.6 is 0 Å². The summed E-state index contributed by atoms with van der Waals surface area (Å²) in [6.45, 7) is 3.08. The van der Waals surface area contributed by atoms with Crippen molar-refractivity contribution in [3.8, 4) is 0 Å². The summed E-state index contributed by atoms with van der Waals surface area (Å²) in [6.07, 6.45) is -0.998. The number of hydrogen-bond acceptors (Lipinski definition) is 5. The minimum atomic E-state index is -1.36. The van der Waals surface area contributed by atoms with Gasteiger partial charge in [-0.05, 0) is 6.42 Å². The lowest BCUT2D eigenvalue weighted by molar-refractivity contribution is -0.138. The van der Waals surface area contributed by atoms with Crippen LogP contribution in [0.2, 0.25) is 0 Å². The highest BCUT2D eigenvalue weighted by Crippen LogP contribution is 2.19. The molecular formula is C13H24N2O6. The average molecular weight is 304 g/mol. The van der Waals surface area contributed by atoms with Gasteiger partial charge >= 0.3 is 5.97 Å². The molecule has 0 aromatic carbocycles. The Balaban J connectivity index is 3.85. The molecule has 0 aliphatic heterocycles. The number of aliphatic carboxylic acids is 1. The van der Waals surface area contributed by atoms with E-state index in [0.29, 0.717) is 6.42 Å². The van der Waals surface area contributed by atoms with E-state index in [9.17, 15) is 19.5 Å². The van der Waals surface area contributed by atoms with Crippen LogP contribution in [0.1, 0.15) is 33.1 Å². The number of carbonyl (C=O) groups excluding carboxylic acids is 2. The first-order valence-corrected chi connectivity index (χ1v) is 6.76. The highest BCUT2D eigenvalue weighted by atomic mass is 16.4. The molecule has 8 heteroatoms. The summed E-state index contributed by atoms with van der Waals surface area (Å²) in [7, 11) is 0. The van der Waals surface area contributed by atoms with E-state index in [4.69, 9.17) is 10.2 Å². The van der Waals surface area contributed by atoms with Crippen LogP contribution < -0.4 is 10.6 Å². The molecule has 21 heavy (non-hydrogen) atoms. The number of rotatable bonds is 10. The molecule has 0 rings (SSSR count). The third-order valence-corrected chi connectivity index (χ3v) is 2.94. The first kappa shape index (κ1) is 19.3. The van der Waals surface area contributed by atoms with Crippen LogP contribution in [-0.2, 0) is 14.4 Å². The normalized spacial score (nSPS) is 12.6. The molecule has 0 radical (unpaired) electrons. The summed E-state index contributed by atoms with van der Waals surface area (Å²) in [5, 5.41) is 32.1. The van der Waals surface area contributed by atoms with Gasteiger partial charge < -0.3 is 26.0 Å². The van der Waals surface area contributed by atoms with Gasteiger partial charge in [0.15, 0.2) is 0 Å². The predicted molar refractivity (Wildman–Crippen MR) is 74.4 cm³/mol.